The first-order valence-corrected chi connectivity index (χ1v) is 17.6. The normalized spacial score (nSPS) is 25.0. The standard InChI is InChI=1S/C37H40N10O8/c1-23(48)53-34-27(19-32(49)50)29(42-45-39)20-30(43-46-40)35(34)55-36-28(41-44-38)17-18-31(54-36)33(26-15-9-4-10-16-26)47(21-24-11-5-2-6-12-24)37(51)52-22-25-13-7-3-8-14-25/h2-16,27-31,33-36H,17-22H2,1H3,(H,49,50)/t27-,28?,29+,30-,31-,33+,34-,35+,36+/m0/s1. The molecule has 9 atom stereocenters. The maximum Gasteiger partial charge on any atom is 0.411 e. The number of hydrogen-bond donors (Lipinski definition) is 1. The van der Waals surface area contributed by atoms with Crippen molar-refractivity contribution in [1.82, 2.24) is 4.90 Å². The van der Waals surface area contributed by atoms with Crippen molar-refractivity contribution in [2.75, 3.05) is 0 Å². The van der Waals surface area contributed by atoms with Crippen LogP contribution in [0.15, 0.2) is 106 Å². The molecule has 0 spiro atoms. The minimum absolute atomic E-state index is 0.0110. The van der Waals surface area contributed by atoms with Crippen molar-refractivity contribution in [3.8, 4) is 0 Å². The highest BCUT2D eigenvalue weighted by atomic mass is 16.7. The molecule has 0 bridgehead atoms. The molecule has 3 aromatic carbocycles. The van der Waals surface area contributed by atoms with Crippen LogP contribution in [0, 0.1) is 5.92 Å². The van der Waals surface area contributed by atoms with Crippen LogP contribution in [0.1, 0.15) is 55.3 Å². The summed E-state index contributed by atoms with van der Waals surface area (Å²) in [5, 5.41) is 21.3. The molecule has 0 radical (unpaired) electrons. The Morgan fingerprint density at radius 3 is 2.00 bits per heavy atom. The van der Waals surface area contributed by atoms with Gasteiger partial charge in [0.1, 0.15) is 18.8 Å². The van der Waals surface area contributed by atoms with E-state index in [4.69, 9.17) is 18.9 Å². The number of ether oxygens (including phenoxy) is 4. The fourth-order valence-electron chi connectivity index (χ4n) is 7.18. The largest absolute Gasteiger partial charge is 0.481 e. The topological polar surface area (TPSA) is 258 Å². The number of rotatable bonds is 15. The maximum atomic E-state index is 14.2. The van der Waals surface area contributed by atoms with Crippen molar-refractivity contribution >= 4 is 18.0 Å². The lowest BCUT2D eigenvalue weighted by Gasteiger charge is -2.47. The molecule has 5 rings (SSSR count). The molecule has 18 nitrogen and oxygen atoms in total. The maximum absolute atomic E-state index is 14.2. The molecule has 3 aromatic rings. The summed E-state index contributed by atoms with van der Waals surface area (Å²) in [6, 6.07) is 23.9. The van der Waals surface area contributed by atoms with Crippen molar-refractivity contribution in [1.29, 1.82) is 0 Å². The van der Waals surface area contributed by atoms with Gasteiger partial charge in [-0.1, -0.05) is 106 Å². The van der Waals surface area contributed by atoms with Crippen molar-refractivity contribution in [2.45, 2.75) is 94.5 Å². The van der Waals surface area contributed by atoms with E-state index in [-0.39, 0.29) is 26.0 Å². The second-order valence-corrected chi connectivity index (χ2v) is 13.1. The minimum Gasteiger partial charge on any atom is -0.481 e. The number of aliphatic carboxylic acids is 1. The van der Waals surface area contributed by atoms with Crippen molar-refractivity contribution in [2.24, 2.45) is 21.3 Å². The first-order chi connectivity index (χ1) is 26.7. The van der Waals surface area contributed by atoms with Crippen LogP contribution in [-0.2, 0) is 41.7 Å². The molecule has 2 aliphatic rings. The van der Waals surface area contributed by atoms with E-state index in [0.717, 1.165) is 18.1 Å². The molecular weight excluding hydrogens is 712 g/mol. The van der Waals surface area contributed by atoms with Gasteiger partial charge in [-0.2, -0.15) is 0 Å². The number of carbonyl (C=O) groups excluding carboxylic acids is 2. The highest BCUT2D eigenvalue weighted by molar-refractivity contribution is 5.69. The first kappa shape index (κ1) is 39.9. The summed E-state index contributed by atoms with van der Waals surface area (Å²) in [6.07, 6.45) is -5.68. The van der Waals surface area contributed by atoms with E-state index in [0.29, 0.717) is 12.0 Å². The smallest absolute Gasteiger partial charge is 0.411 e. The Hall–Kier alpha value is -6.28. The molecule has 1 aliphatic heterocycles. The molecule has 1 heterocycles. The summed E-state index contributed by atoms with van der Waals surface area (Å²) in [7, 11) is 0. The van der Waals surface area contributed by atoms with Crippen LogP contribution in [0.5, 0.6) is 0 Å². The van der Waals surface area contributed by atoms with Crippen LogP contribution in [0.25, 0.3) is 31.3 Å². The molecule has 1 N–H and O–H groups in total. The third-order valence-electron chi connectivity index (χ3n) is 9.54. The van der Waals surface area contributed by atoms with E-state index < -0.39 is 79.1 Å². The van der Waals surface area contributed by atoms with Gasteiger partial charge in [-0.15, -0.1) is 0 Å². The summed E-state index contributed by atoms with van der Waals surface area (Å²) >= 11 is 0. The fraction of sp³-hybridized carbons (Fsp3) is 0.432. The lowest BCUT2D eigenvalue weighted by atomic mass is 9.76. The molecule has 1 saturated carbocycles. The Labute approximate surface area is 315 Å². The zero-order valence-electron chi connectivity index (χ0n) is 29.9. The van der Waals surface area contributed by atoms with E-state index >= 15 is 0 Å². The summed E-state index contributed by atoms with van der Waals surface area (Å²) in [6.45, 7) is 1.26. The van der Waals surface area contributed by atoms with Crippen LogP contribution in [0.4, 0.5) is 4.79 Å². The predicted octanol–water partition coefficient (Wildman–Crippen LogP) is 7.92. The second-order valence-electron chi connectivity index (χ2n) is 13.1. The van der Waals surface area contributed by atoms with E-state index in [1.54, 1.807) is 4.90 Å². The minimum atomic E-state index is -1.38. The summed E-state index contributed by atoms with van der Waals surface area (Å²) in [4.78, 5) is 49.0. The van der Waals surface area contributed by atoms with Crippen LogP contribution >= 0.6 is 0 Å². The molecule has 18 heteroatoms. The highest BCUT2D eigenvalue weighted by Gasteiger charge is 2.50. The number of azide groups is 3. The Morgan fingerprint density at radius 2 is 1.40 bits per heavy atom. The van der Waals surface area contributed by atoms with Crippen LogP contribution in [0.2, 0.25) is 0 Å². The number of esters is 1. The third-order valence-corrected chi connectivity index (χ3v) is 9.54. The van der Waals surface area contributed by atoms with Gasteiger partial charge >= 0.3 is 18.0 Å². The molecule has 0 aromatic heterocycles. The molecule has 2 fully saturated rings. The van der Waals surface area contributed by atoms with Crippen molar-refractivity contribution in [3.05, 3.63) is 139 Å². The SMILES string of the molecule is CC(=O)O[C@H]1[C@@H](CC(=O)O)[C@H](N=[N+]=[N-])C[C@H](N=[N+]=[N-])[C@H]1O[C@H]1O[C@H]([C@@H](c2ccccc2)N(Cc2ccccc2)C(=O)OCc2ccccc2)CCC1N=[N+]=[N-]. The van der Waals surface area contributed by atoms with E-state index in [1.807, 2.05) is 91.0 Å². The van der Waals surface area contributed by atoms with Crippen LogP contribution < -0.4 is 0 Å². The van der Waals surface area contributed by atoms with E-state index in [1.165, 1.54) is 0 Å². The quantitative estimate of drug-likeness (QED) is 0.0688. The number of nitrogens with zero attached hydrogens (tertiary/aromatic N) is 10. The Morgan fingerprint density at radius 1 is 0.818 bits per heavy atom. The third kappa shape index (κ3) is 10.7. The Kier molecular flexibility index (Phi) is 14.3. The predicted molar refractivity (Wildman–Crippen MR) is 195 cm³/mol. The summed E-state index contributed by atoms with van der Waals surface area (Å²) in [5.41, 5.74) is 30.7. The molecule has 1 amide bonds. The van der Waals surface area contributed by atoms with Gasteiger partial charge in [-0.25, -0.2) is 4.79 Å². The van der Waals surface area contributed by atoms with Gasteiger partial charge in [0.15, 0.2) is 6.29 Å². The monoisotopic (exact) mass is 752 g/mol. The lowest BCUT2D eigenvalue weighted by molar-refractivity contribution is -0.260. The molecule has 1 unspecified atom stereocenters. The number of carboxylic acid groups (broad SMARTS) is 1. The van der Waals surface area contributed by atoms with Crippen molar-refractivity contribution < 1.29 is 38.4 Å². The summed E-state index contributed by atoms with van der Waals surface area (Å²) in [5.74, 6) is -3.13. The van der Waals surface area contributed by atoms with Crippen LogP contribution in [0.3, 0.4) is 0 Å². The zero-order chi connectivity index (χ0) is 39.2. The van der Waals surface area contributed by atoms with Gasteiger partial charge in [-0.05, 0) is 52.5 Å². The van der Waals surface area contributed by atoms with Crippen LogP contribution in [-0.4, -0.2) is 70.8 Å². The van der Waals surface area contributed by atoms with Crippen molar-refractivity contribution in [3.63, 3.8) is 0 Å². The van der Waals surface area contributed by atoms with E-state index in [9.17, 15) is 36.1 Å². The molecular formula is C37H40N10O8. The van der Waals surface area contributed by atoms with Gasteiger partial charge < -0.3 is 24.1 Å². The Bertz CT molecular complexity index is 1910. The fourth-order valence-corrected chi connectivity index (χ4v) is 7.18. The van der Waals surface area contributed by atoms with Gasteiger partial charge in [-0.3, -0.25) is 14.5 Å². The second kappa shape index (κ2) is 19.7. The number of hydrogen-bond acceptors (Lipinski definition) is 10. The number of amides is 1. The average Bonchev–Trinajstić information content (AvgIpc) is 3.18. The van der Waals surface area contributed by atoms with Gasteiger partial charge in [0, 0.05) is 40.2 Å². The average molecular weight is 753 g/mol. The molecule has 1 saturated heterocycles. The summed E-state index contributed by atoms with van der Waals surface area (Å²) < 4.78 is 24.7. The van der Waals surface area contributed by atoms with E-state index in [2.05, 4.69) is 30.1 Å². The number of carbonyl (C=O) groups is 3. The van der Waals surface area contributed by atoms with Gasteiger partial charge in [0.2, 0.25) is 0 Å². The molecule has 55 heavy (non-hydrogen) atoms. The number of benzene rings is 3. The first-order valence-electron chi connectivity index (χ1n) is 17.6. The highest BCUT2D eigenvalue weighted by Crippen LogP contribution is 2.41. The Balaban J connectivity index is 1.54. The van der Waals surface area contributed by atoms with Gasteiger partial charge in [0.25, 0.3) is 0 Å². The lowest BCUT2D eigenvalue weighted by Crippen LogP contribution is -2.57. The molecule has 286 valence electrons. The number of carboxylic acids is 1. The zero-order valence-corrected chi connectivity index (χ0v) is 29.9. The molecule has 1 aliphatic carbocycles. The van der Waals surface area contributed by atoms with Gasteiger partial charge in [0.05, 0.1) is 30.7 Å².